The van der Waals surface area contributed by atoms with Gasteiger partial charge in [0.1, 0.15) is 0 Å². The van der Waals surface area contributed by atoms with Crippen molar-refractivity contribution in [2.24, 2.45) is 5.92 Å². The highest BCUT2D eigenvalue weighted by Gasteiger charge is 2.23. The fourth-order valence-electron chi connectivity index (χ4n) is 3.98. The van der Waals surface area contributed by atoms with Crippen molar-refractivity contribution in [3.8, 4) is 0 Å². The molecule has 0 amide bonds. The molecule has 0 unspecified atom stereocenters. The number of rotatable bonds is 5. The first-order valence-electron chi connectivity index (χ1n) is 9.14. The van der Waals surface area contributed by atoms with E-state index < -0.39 is 0 Å². The molecule has 1 aromatic carbocycles. The van der Waals surface area contributed by atoms with Crippen LogP contribution in [0.4, 0.5) is 0 Å². The SMILES string of the molecule is CCN1CCC[C@H](CN2CCN(Cc3cccc(Cl)c3)CC2)C1. The molecular weight excluding hydrogens is 306 g/mol. The number of likely N-dealkylation sites (tertiary alicyclic amines) is 1. The van der Waals surface area contributed by atoms with Crippen LogP contribution in [0.1, 0.15) is 25.3 Å². The molecule has 0 saturated carbocycles. The van der Waals surface area contributed by atoms with Gasteiger partial charge >= 0.3 is 0 Å². The van der Waals surface area contributed by atoms with Gasteiger partial charge < -0.3 is 9.80 Å². The minimum atomic E-state index is 0.846. The second kappa shape index (κ2) is 8.48. The normalized spacial score (nSPS) is 24.9. The molecule has 3 nitrogen and oxygen atoms in total. The lowest BCUT2D eigenvalue weighted by Crippen LogP contribution is -2.49. The van der Waals surface area contributed by atoms with Gasteiger partial charge in [-0.15, -0.1) is 0 Å². The molecule has 0 aromatic heterocycles. The van der Waals surface area contributed by atoms with E-state index in [0.717, 1.165) is 17.5 Å². The van der Waals surface area contributed by atoms with Crippen LogP contribution in [0, 0.1) is 5.92 Å². The number of hydrogen-bond acceptors (Lipinski definition) is 3. The molecule has 0 aliphatic carbocycles. The maximum Gasteiger partial charge on any atom is 0.0409 e. The molecule has 2 fully saturated rings. The van der Waals surface area contributed by atoms with Gasteiger partial charge in [0.25, 0.3) is 0 Å². The fourth-order valence-corrected chi connectivity index (χ4v) is 4.19. The Morgan fingerprint density at radius 3 is 2.57 bits per heavy atom. The highest BCUT2D eigenvalue weighted by atomic mass is 35.5. The van der Waals surface area contributed by atoms with Crippen molar-refractivity contribution in [3.63, 3.8) is 0 Å². The Morgan fingerprint density at radius 1 is 1.04 bits per heavy atom. The van der Waals surface area contributed by atoms with Crippen LogP contribution in [-0.2, 0) is 6.54 Å². The molecule has 2 heterocycles. The number of piperazine rings is 1. The summed E-state index contributed by atoms with van der Waals surface area (Å²) >= 11 is 6.09. The molecule has 3 rings (SSSR count). The second-order valence-electron chi connectivity index (χ2n) is 7.11. The van der Waals surface area contributed by atoms with Crippen LogP contribution in [-0.4, -0.2) is 67.1 Å². The molecule has 0 spiro atoms. The van der Waals surface area contributed by atoms with Crippen LogP contribution in [0.15, 0.2) is 24.3 Å². The van der Waals surface area contributed by atoms with E-state index in [1.807, 2.05) is 6.07 Å². The molecule has 23 heavy (non-hydrogen) atoms. The summed E-state index contributed by atoms with van der Waals surface area (Å²) in [7, 11) is 0. The number of halogens is 1. The van der Waals surface area contributed by atoms with Crippen molar-refractivity contribution in [2.75, 3.05) is 52.4 Å². The third-order valence-corrected chi connectivity index (χ3v) is 5.56. The quantitative estimate of drug-likeness (QED) is 0.818. The van der Waals surface area contributed by atoms with Gasteiger partial charge in [-0.1, -0.05) is 30.7 Å². The maximum absolute atomic E-state index is 6.09. The van der Waals surface area contributed by atoms with Crippen LogP contribution < -0.4 is 0 Å². The molecule has 0 radical (unpaired) electrons. The van der Waals surface area contributed by atoms with E-state index in [4.69, 9.17) is 11.6 Å². The number of hydrogen-bond donors (Lipinski definition) is 0. The van der Waals surface area contributed by atoms with Gasteiger partial charge in [0.15, 0.2) is 0 Å². The Kier molecular flexibility index (Phi) is 6.35. The molecule has 2 saturated heterocycles. The first-order chi connectivity index (χ1) is 11.2. The summed E-state index contributed by atoms with van der Waals surface area (Å²) in [6.07, 6.45) is 2.80. The molecule has 2 aliphatic rings. The second-order valence-corrected chi connectivity index (χ2v) is 7.54. The van der Waals surface area contributed by atoms with Gasteiger partial charge in [-0.05, 0) is 49.5 Å². The Labute approximate surface area is 146 Å². The smallest absolute Gasteiger partial charge is 0.0409 e. The average molecular weight is 336 g/mol. The van der Waals surface area contributed by atoms with Crippen molar-refractivity contribution >= 4 is 11.6 Å². The first kappa shape index (κ1) is 17.2. The van der Waals surface area contributed by atoms with E-state index in [1.165, 1.54) is 70.8 Å². The van der Waals surface area contributed by atoms with Crippen LogP contribution in [0.5, 0.6) is 0 Å². The fraction of sp³-hybridized carbons (Fsp3) is 0.684. The summed E-state index contributed by atoms with van der Waals surface area (Å²) in [5.41, 5.74) is 1.33. The van der Waals surface area contributed by atoms with Crippen molar-refractivity contribution in [2.45, 2.75) is 26.3 Å². The van der Waals surface area contributed by atoms with Crippen molar-refractivity contribution in [1.29, 1.82) is 0 Å². The topological polar surface area (TPSA) is 9.72 Å². The first-order valence-corrected chi connectivity index (χ1v) is 9.52. The van der Waals surface area contributed by atoms with Gasteiger partial charge in [0.2, 0.25) is 0 Å². The molecule has 0 N–H and O–H groups in total. The average Bonchev–Trinajstić information content (AvgIpc) is 2.57. The summed E-state index contributed by atoms with van der Waals surface area (Å²) in [6.45, 7) is 13.2. The molecule has 1 atom stereocenters. The summed E-state index contributed by atoms with van der Waals surface area (Å²) in [6, 6.07) is 8.28. The van der Waals surface area contributed by atoms with E-state index in [-0.39, 0.29) is 0 Å². The standard InChI is InChI=1S/C19H30ClN3/c1-2-21-8-4-6-18(15-21)16-23-11-9-22(10-12-23)14-17-5-3-7-19(20)13-17/h3,5,7,13,18H,2,4,6,8-12,14-16H2,1H3/t18-/m0/s1. The zero-order chi connectivity index (χ0) is 16.1. The minimum Gasteiger partial charge on any atom is -0.303 e. The van der Waals surface area contributed by atoms with Gasteiger partial charge in [0.05, 0.1) is 0 Å². The number of benzene rings is 1. The monoisotopic (exact) mass is 335 g/mol. The zero-order valence-corrected chi connectivity index (χ0v) is 15.1. The molecule has 0 bridgehead atoms. The lowest BCUT2D eigenvalue weighted by Gasteiger charge is -2.39. The van der Waals surface area contributed by atoms with Crippen LogP contribution in [0.25, 0.3) is 0 Å². The third kappa shape index (κ3) is 5.18. The third-order valence-electron chi connectivity index (χ3n) is 5.33. The Morgan fingerprint density at radius 2 is 1.83 bits per heavy atom. The van der Waals surface area contributed by atoms with Crippen molar-refractivity contribution in [1.82, 2.24) is 14.7 Å². The van der Waals surface area contributed by atoms with E-state index in [9.17, 15) is 0 Å². The van der Waals surface area contributed by atoms with Crippen LogP contribution in [0.2, 0.25) is 5.02 Å². The summed E-state index contributed by atoms with van der Waals surface area (Å²) in [5.74, 6) is 0.878. The highest BCUT2D eigenvalue weighted by Crippen LogP contribution is 2.19. The van der Waals surface area contributed by atoms with Crippen molar-refractivity contribution < 1.29 is 0 Å². The van der Waals surface area contributed by atoms with E-state index in [2.05, 4.69) is 39.8 Å². The molecule has 1 aromatic rings. The lowest BCUT2D eigenvalue weighted by atomic mass is 9.97. The number of nitrogens with zero attached hydrogens (tertiary/aromatic N) is 3. The molecule has 4 heteroatoms. The molecule has 128 valence electrons. The van der Waals surface area contributed by atoms with Gasteiger partial charge in [-0.25, -0.2) is 0 Å². The summed E-state index contributed by atoms with van der Waals surface area (Å²) in [4.78, 5) is 7.85. The van der Waals surface area contributed by atoms with E-state index in [1.54, 1.807) is 0 Å². The summed E-state index contributed by atoms with van der Waals surface area (Å²) in [5, 5.41) is 0.846. The largest absolute Gasteiger partial charge is 0.303 e. The molecule has 2 aliphatic heterocycles. The van der Waals surface area contributed by atoms with Gasteiger partial charge in [-0.2, -0.15) is 0 Å². The highest BCUT2D eigenvalue weighted by molar-refractivity contribution is 6.30. The Balaban J connectivity index is 1.41. The Bertz CT molecular complexity index is 485. The number of piperidine rings is 1. The predicted octanol–water partition coefficient (Wildman–Crippen LogP) is 3.19. The summed E-state index contributed by atoms with van der Waals surface area (Å²) < 4.78 is 0. The van der Waals surface area contributed by atoms with E-state index >= 15 is 0 Å². The lowest BCUT2D eigenvalue weighted by molar-refractivity contribution is 0.0883. The van der Waals surface area contributed by atoms with E-state index in [0.29, 0.717) is 0 Å². The van der Waals surface area contributed by atoms with Gasteiger partial charge in [0, 0.05) is 50.8 Å². The molecular formula is C19H30ClN3. The van der Waals surface area contributed by atoms with Crippen LogP contribution >= 0.6 is 11.6 Å². The van der Waals surface area contributed by atoms with Crippen molar-refractivity contribution in [3.05, 3.63) is 34.9 Å². The van der Waals surface area contributed by atoms with Crippen LogP contribution in [0.3, 0.4) is 0 Å². The Hall–Kier alpha value is -0.610. The zero-order valence-electron chi connectivity index (χ0n) is 14.4. The van der Waals surface area contributed by atoms with Gasteiger partial charge in [-0.3, -0.25) is 4.90 Å². The maximum atomic E-state index is 6.09. The predicted molar refractivity (Wildman–Crippen MR) is 98.0 cm³/mol. The minimum absolute atomic E-state index is 0.846.